The Labute approximate surface area is 151 Å². The third-order valence-electron chi connectivity index (χ3n) is 4.47. The van der Waals surface area contributed by atoms with Gasteiger partial charge in [-0.3, -0.25) is 0 Å². The molecule has 0 radical (unpaired) electrons. The van der Waals surface area contributed by atoms with Gasteiger partial charge in [-0.1, -0.05) is 54.6 Å². The lowest BCUT2D eigenvalue weighted by molar-refractivity contribution is 0.0289. The van der Waals surface area contributed by atoms with E-state index in [1.165, 1.54) is 22.9 Å². The number of hydrogen-bond donors (Lipinski definition) is 0. The van der Waals surface area contributed by atoms with E-state index in [0.29, 0.717) is 13.2 Å². The molecule has 3 aromatic carbocycles. The minimum Gasteiger partial charge on any atom is -0.367 e. The fraction of sp³-hybridized carbons (Fsp3) is 0.136. The van der Waals surface area contributed by atoms with E-state index in [9.17, 15) is 4.39 Å². The van der Waals surface area contributed by atoms with Crippen molar-refractivity contribution in [2.75, 3.05) is 0 Å². The molecule has 26 heavy (non-hydrogen) atoms. The van der Waals surface area contributed by atoms with E-state index in [0.717, 1.165) is 11.1 Å². The van der Waals surface area contributed by atoms with Gasteiger partial charge in [-0.2, -0.15) is 0 Å². The SMILES string of the molecule is Fc1ccc(COC(Cn2ccnc2)c2cccc3ccccc23)cc1. The Hall–Kier alpha value is -2.98. The molecule has 130 valence electrons. The van der Waals surface area contributed by atoms with E-state index in [2.05, 4.69) is 35.3 Å². The van der Waals surface area contributed by atoms with Crippen LogP contribution in [0.5, 0.6) is 0 Å². The molecule has 0 amide bonds. The molecule has 4 rings (SSSR count). The molecular weight excluding hydrogens is 327 g/mol. The third kappa shape index (κ3) is 3.65. The second kappa shape index (κ2) is 7.50. The molecule has 1 heterocycles. The zero-order valence-corrected chi connectivity index (χ0v) is 14.3. The molecule has 1 unspecified atom stereocenters. The van der Waals surface area contributed by atoms with Crippen LogP contribution in [0.4, 0.5) is 4.39 Å². The Kier molecular flexibility index (Phi) is 4.75. The average Bonchev–Trinajstić information content (AvgIpc) is 3.19. The molecule has 0 spiro atoms. The number of ether oxygens (including phenoxy) is 1. The molecule has 0 saturated heterocycles. The van der Waals surface area contributed by atoms with Gasteiger partial charge in [0.25, 0.3) is 0 Å². The standard InChI is InChI=1S/C22H19FN2O/c23-19-10-8-17(9-11-19)15-26-22(14-25-13-12-24-16-25)21-7-3-5-18-4-1-2-6-20(18)21/h1-13,16,22H,14-15H2. The summed E-state index contributed by atoms with van der Waals surface area (Å²) in [5.74, 6) is -0.238. The molecular formula is C22H19FN2O. The van der Waals surface area contributed by atoms with Crippen LogP contribution in [-0.2, 0) is 17.9 Å². The van der Waals surface area contributed by atoms with E-state index >= 15 is 0 Å². The maximum atomic E-state index is 13.1. The van der Waals surface area contributed by atoms with E-state index < -0.39 is 0 Å². The minimum absolute atomic E-state index is 0.139. The van der Waals surface area contributed by atoms with Gasteiger partial charge < -0.3 is 9.30 Å². The number of aromatic nitrogens is 2. The van der Waals surface area contributed by atoms with Crippen LogP contribution in [0.25, 0.3) is 10.8 Å². The van der Waals surface area contributed by atoms with Gasteiger partial charge in [-0.15, -0.1) is 0 Å². The summed E-state index contributed by atoms with van der Waals surface area (Å²) in [4.78, 5) is 4.12. The second-order valence-electron chi connectivity index (χ2n) is 6.25. The highest BCUT2D eigenvalue weighted by Gasteiger charge is 2.16. The smallest absolute Gasteiger partial charge is 0.123 e. The van der Waals surface area contributed by atoms with Crippen molar-refractivity contribution in [3.05, 3.63) is 102 Å². The second-order valence-corrected chi connectivity index (χ2v) is 6.25. The summed E-state index contributed by atoms with van der Waals surface area (Å²) >= 11 is 0. The minimum atomic E-state index is -0.238. The molecule has 0 aliphatic rings. The maximum Gasteiger partial charge on any atom is 0.123 e. The quantitative estimate of drug-likeness (QED) is 0.484. The van der Waals surface area contributed by atoms with E-state index in [1.807, 2.05) is 22.9 Å². The zero-order valence-electron chi connectivity index (χ0n) is 14.3. The van der Waals surface area contributed by atoms with E-state index in [-0.39, 0.29) is 11.9 Å². The van der Waals surface area contributed by atoms with Gasteiger partial charge in [-0.25, -0.2) is 9.37 Å². The predicted molar refractivity (Wildman–Crippen MR) is 100 cm³/mol. The van der Waals surface area contributed by atoms with Gasteiger partial charge in [0.2, 0.25) is 0 Å². The Morgan fingerprint density at radius 3 is 2.58 bits per heavy atom. The number of hydrogen-bond acceptors (Lipinski definition) is 2. The molecule has 0 aliphatic heterocycles. The van der Waals surface area contributed by atoms with Gasteiger partial charge in [-0.05, 0) is 34.0 Å². The number of halogens is 1. The highest BCUT2D eigenvalue weighted by molar-refractivity contribution is 5.85. The summed E-state index contributed by atoms with van der Waals surface area (Å²) in [6.45, 7) is 1.08. The first kappa shape index (κ1) is 16.5. The molecule has 4 aromatic rings. The van der Waals surface area contributed by atoms with Crippen molar-refractivity contribution in [2.45, 2.75) is 19.3 Å². The lowest BCUT2D eigenvalue weighted by atomic mass is 10.00. The van der Waals surface area contributed by atoms with Gasteiger partial charge in [0.05, 0.1) is 19.5 Å². The number of rotatable bonds is 6. The third-order valence-corrected chi connectivity index (χ3v) is 4.47. The van der Waals surface area contributed by atoms with Crippen molar-refractivity contribution in [1.29, 1.82) is 0 Å². The molecule has 4 heteroatoms. The van der Waals surface area contributed by atoms with Crippen LogP contribution in [0.15, 0.2) is 85.5 Å². The zero-order chi connectivity index (χ0) is 17.8. The lowest BCUT2D eigenvalue weighted by Crippen LogP contribution is -2.12. The molecule has 0 N–H and O–H groups in total. The first-order valence-corrected chi connectivity index (χ1v) is 8.59. The Bertz CT molecular complexity index is 975. The molecule has 1 aromatic heterocycles. The highest BCUT2D eigenvalue weighted by atomic mass is 19.1. The normalized spacial score (nSPS) is 12.3. The Morgan fingerprint density at radius 2 is 1.77 bits per heavy atom. The number of nitrogens with zero attached hydrogens (tertiary/aromatic N) is 2. The first-order valence-electron chi connectivity index (χ1n) is 8.59. The van der Waals surface area contributed by atoms with E-state index in [4.69, 9.17) is 4.74 Å². The van der Waals surface area contributed by atoms with Gasteiger partial charge >= 0.3 is 0 Å². The average molecular weight is 346 g/mol. The van der Waals surface area contributed by atoms with Crippen LogP contribution >= 0.6 is 0 Å². The summed E-state index contributed by atoms with van der Waals surface area (Å²) in [5.41, 5.74) is 2.08. The predicted octanol–water partition coefficient (Wildman–Crippen LogP) is 5.13. The highest BCUT2D eigenvalue weighted by Crippen LogP contribution is 2.29. The monoisotopic (exact) mass is 346 g/mol. The van der Waals surface area contributed by atoms with Crippen LogP contribution in [0, 0.1) is 5.82 Å². The largest absolute Gasteiger partial charge is 0.367 e. The Balaban J connectivity index is 1.64. The van der Waals surface area contributed by atoms with Crippen molar-refractivity contribution in [2.24, 2.45) is 0 Å². The summed E-state index contributed by atoms with van der Waals surface area (Å²) in [7, 11) is 0. The lowest BCUT2D eigenvalue weighted by Gasteiger charge is -2.21. The van der Waals surface area contributed by atoms with Crippen molar-refractivity contribution in [1.82, 2.24) is 9.55 Å². The van der Waals surface area contributed by atoms with Crippen molar-refractivity contribution >= 4 is 10.8 Å². The van der Waals surface area contributed by atoms with Gasteiger partial charge in [0.1, 0.15) is 11.9 Å². The number of imidazole rings is 1. The van der Waals surface area contributed by atoms with Crippen molar-refractivity contribution < 1.29 is 9.13 Å². The molecule has 0 aliphatic carbocycles. The molecule has 0 saturated carbocycles. The first-order chi connectivity index (χ1) is 12.8. The summed E-state index contributed by atoms with van der Waals surface area (Å²) in [6.07, 6.45) is 5.35. The molecule has 0 fully saturated rings. The van der Waals surface area contributed by atoms with Crippen LogP contribution in [0.1, 0.15) is 17.2 Å². The summed E-state index contributed by atoms with van der Waals surface area (Å²) < 4.78 is 21.4. The van der Waals surface area contributed by atoms with Crippen LogP contribution in [0.2, 0.25) is 0 Å². The van der Waals surface area contributed by atoms with Gasteiger partial charge in [0, 0.05) is 12.4 Å². The van der Waals surface area contributed by atoms with E-state index in [1.54, 1.807) is 24.7 Å². The van der Waals surface area contributed by atoms with Crippen LogP contribution < -0.4 is 0 Å². The summed E-state index contributed by atoms with van der Waals surface area (Å²) in [5, 5.41) is 2.37. The Morgan fingerprint density at radius 1 is 0.962 bits per heavy atom. The summed E-state index contributed by atoms with van der Waals surface area (Å²) in [6, 6.07) is 21.0. The van der Waals surface area contributed by atoms with Crippen LogP contribution in [0.3, 0.4) is 0 Å². The molecule has 1 atom stereocenters. The number of benzene rings is 3. The topological polar surface area (TPSA) is 27.1 Å². The van der Waals surface area contributed by atoms with Crippen molar-refractivity contribution in [3.8, 4) is 0 Å². The molecule has 0 bridgehead atoms. The fourth-order valence-electron chi connectivity index (χ4n) is 3.14. The van der Waals surface area contributed by atoms with Crippen LogP contribution in [-0.4, -0.2) is 9.55 Å². The number of fused-ring (bicyclic) bond motifs is 1. The maximum absolute atomic E-state index is 13.1. The van der Waals surface area contributed by atoms with Crippen molar-refractivity contribution in [3.63, 3.8) is 0 Å². The fourth-order valence-corrected chi connectivity index (χ4v) is 3.14. The van der Waals surface area contributed by atoms with Gasteiger partial charge in [0.15, 0.2) is 0 Å². The molecule has 3 nitrogen and oxygen atoms in total.